The van der Waals surface area contributed by atoms with Gasteiger partial charge in [-0.15, -0.1) is 0 Å². The molecule has 62 heavy (non-hydrogen) atoms. The number of phosphoric ester groups is 1. The molecule has 0 saturated carbocycles. The summed E-state index contributed by atoms with van der Waals surface area (Å²) >= 11 is 0. The number of unbranched alkanes of at least 4 members (excludes halogenated alkanes) is 11. The fourth-order valence-electron chi connectivity index (χ4n) is 5.86. The molecular formula is C53H90NO7P. The van der Waals surface area contributed by atoms with Crippen molar-refractivity contribution in [1.29, 1.82) is 0 Å². The average Bonchev–Trinajstić information content (AvgIpc) is 3.23. The van der Waals surface area contributed by atoms with Crippen molar-refractivity contribution < 1.29 is 37.3 Å². The third-order valence-electron chi connectivity index (χ3n) is 9.56. The Labute approximate surface area is 380 Å². The van der Waals surface area contributed by atoms with Crippen LogP contribution in [-0.2, 0) is 27.9 Å². The zero-order valence-electron chi connectivity index (χ0n) is 40.0. The highest BCUT2D eigenvalue weighted by atomic mass is 31.2. The number of likely N-dealkylation sites (N-methyl/N-ethyl adjacent to an activating group) is 1. The number of esters is 1. The first-order chi connectivity index (χ1) is 30.1. The minimum atomic E-state index is -4.56. The van der Waals surface area contributed by atoms with Gasteiger partial charge in [-0.05, 0) is 96.3 Å². The molecule has 0 aliphatic carbocycles. The lowest BCUT2D eigenvalue weighted by atomic mass is 10.1. The molecule has 0 amide bonds. The van der Waals surface area contributed by atoms with Gasteiger partial charge in [-0.3, -0.25) is 9.36 Å². The predicted molar refractivity (Wildman–Crippen MR) is 263 cm³/mol. The van der Waals surface area contributed by atoms with E-state index in [-0.39, 0.29) is 26.2 Å². The van der Waals surface area contributed by atoms with Crippen LogP contribution in [0.1, 0.15) is 162 Å². The Bertz CT molecular complexity index is 1350. The van der Waals surface area contributed by atoms with Gasteiger partial charge in [-0.2, -0.15) is 0 Å². The van der Waals surface area contributed by atoms with E-state index >= 15 is 0 Å². The Morgan fingerprint density at radius 2 is 0.935 bits per heavy atom. The summed E-state index contributed by atoms with van der Waals surface area (Å²) in [5, 5.41) is 0. The monoisotopic (exact) mass is 884 g/mol. The number of quaternary nitrogens is 1. The van der Waals surface area contributed by atoms with Gasteiger partial charge in [0.15, 0.2) is 0 Å². The van der Waals surface area contributed by atoms with Gasteiger partial charge in [0.1, 0.15) is 19.3 Å². The van der Waals surface area contributed by atoms with Crippen LogP contribution in [0.25, 0.3) is 0 Å². The maximum absolute atomic E-state index is 12.7. The van der Waals surface area contributed by atoms with E-state index in [9.17, 15) is 14.3 Å². The number of rotatable bonds is 43. The van der Waals surface area contributed by atoms with Crippen LogP contribution in [0.4, 0.5) is 0 Å². The van der Waals surface area contributed by atoms with Gasteiger partial charge in [0, 0.05) is 13.0 Å². The van der Waals surface area contributed by atoms with Crippen molar-refractivity contribution >= 4 is 13.8 Å². The highest BCUT2D eigenvalue weighted by molar-refractivity contribution is 7.45. The van der Waals surface area contributed by atoms with Crippen LogP contribution in [0.15, 0.2) is 109 Å². The minimum absolute atomic E-state index is 0.00640. The molecule has 0 spiro atoms. The van der Waals surface area contributed by atoms with Crippen molar-refractivity contribution in [3.8, 4) is 0 Å². The number of hydrogen-bond donors (Lipinski definition) is 0. The van der Waals surface area contributed by atoms with E-state index in [1.165, 1.54) is 51.4 Å². The van der Waals surface area contributed by atoms with Gasteiger partial charge < -0.3 is 27.9 Å². The molecular weight excluding hydrogens is 794 g/mol. The zero-order chi connectivity index (χ0) is 45.5. The van der Waals surface area contributed by atoms with Gasteiger partial charge in [0.05, 0.1) is 34.4 Å². The molecule has 2 unspecified atom stereocenters. The zero-order valence-corrected chi connectivity index (χ0v) is 40.9. The number of phosphoric acid groups is 1. The van der Waals surface area contributed by atoms with Crippen LogP contribution < -0.4 is 4.89 Å². The van der Waals surface area contributed by atoms with Gasteiger partial charge in [0.25, 0.3) is 7.82 Å². The normalized spacial score (nSPS) is 14.6. The quantitative estimate of drug-likeness (QED) is 0.0198. The summed E-state index contributed by atoms with van der Waals surface area (Å²) in [7, 11) is 1.29. The Kier molecular flexibility index (Phi) is 42.7. The summed E-state index contributed by atoms with van der Waals surface area (Å²) in [6.07, 6.45) is 62.6. The number of nitrogens with zero attached hydrogens (tertiary/aromatic N) is 1. The molecule has 0 aromatic heterocycles. The second-order valence-electron chi connectivity index (χ2n) is 16.7. The number of carbonyl (C=O) groups is 1. The van der Waals surface area contributed by atoms with Crippen LogP contribution >= 0.6 is 7.82 Å². The van der Waals surface area contributed by atoms with E-state index < -0.39 is 19.9 Å². The molecule has 0 bridgehead atoms. The number of ether oxygens (including phenoxy) is 2. The van der Waals surface area contributed by atoms with Crippen molar-refractivity contribution in [2.75, 3.05) is 54.1 Å². The second-order valence-corrected chi connectivity index (χ2v) is 18.1. The summed E-state index contributed by atoms with van der Waals surface area (Å²) in [6, 6.07) is 0. The second kappa shape index (κ2) is 44.8. The maximum Gasteiger partial charge on any atom is 0.306 e. The molecule has 0 saturated heterocycles. The fraction of sp³-hybridized carbons (Fsp3) is 0.642. The third-order valence-corrected chi connectivity index (χ3v) is 10.5. The van der Waals surface area contributed by atoms with Gasteiger partial charge in [-0.25, -0.2) is 0 Å². The van der Waals surface area contributed by atoms with E-state index in [4.69, 9.17) is 18.5 Å². The van der Waals surface area contributed by atoms with Gasteiger partial charge in [-0.1, -0.05) is 168 Å². The van der Waals surface area contributed by atoms with Crippen molar-refractivity contribution in [1.82, 2.24) is 0 Å². The Balaban J connectivity index is 4.36. The average molecular weight is 884 g/mol. The van der Waals surface area contributed by atoms with Gasteiger partial charge >= 0.3 is 5.97 Å². The molecule has 0 rings (SSSR count). The minimum Gasteiger partial charge on any atom is -0.756 e. The highest BCUT2D eigenvalue weighted by Gasteiger charge is 2.20. The number of hydrogen-bond acceptors (Lipinski definition) is 7. The largest absolute Gasteiger partial charge is 0.756 e. The molecule has 354 valence electrons. The third kappa shape index (κ3) is 48.2. The standard InChI is InChI=1S/C53H90NO7P/c1-6-8-10-12-14-16-18-20-22-24-25-26-27-28-29-30-32-34-36-38-40-42-44-46-53(55)61-52(51-60-62(56,57)59-49-47-54(3,4)5)50-58-48-45-43-41-39-37-35-33-31-23-21-19-17-15-13-11-9-7-2/h8,10,14,16-17,19-20,22-23,25-26,28-29,31-32,34,38,40,52H,6-7,9,11-13,15,18,21,24,27,30,33,35-37,39,41-51H2,1-5H3/b10-8-,16-14-,19-17-,22-20-,26-25-,29-28-,31-23-,34-32-,40-38-. The summed E-state index contributed by atoms with van der Waals surface area (Å²) < 4.78 is 34.6. The van der Waals surface area contributed by atoms with Crippen molar-refractivity contribution in [2.24, 2.45) is 0 Å². The Morgan fingerprint density at radius 3 is 1.40 bits per heavy atom. The molecule has 0 aliphatic heterocycles. The van der Waals surface area contributed by atoms with Crippen LogP contribution in [0.3, 0.4) is 0 Å². The van der Waals surface area contributed by atoms with E-state index in [0.717, 1.165) is 83.5 Å². The first kappa shape index (κ1) is 59.2. The molecule has 0 aromatic rings. The lowest BCUT2D eigenvalue weighted by Gasteiger charge is -2.28. The van der Waals surface area contributed by atoms with Crippen molar-refractivity contribution in [2.45, 2.75) is 168 Å². The van der Waals surface area contributed by atoms with Crippen LogP contribution in [-0.4, -0.2) is 70.7 Å². The topological polar surface area (TPSA) is 94.1 Å². The van der Waals surface area contributed by atoms with Crippen molar-refractivity contribution in [3.05, 3.63) is 109 Å². The van der Waals surface area contributed by atoms with Crippen molar-refractivity contribution in [3.63, 3.8) is 0 Å². The summed E-state index contributed by atoms with van der Waals surface area (Å²) in [4.78, 5) is 25.1. The molecule has 0 fully saturated rings. The molecule has 8 nitrogen and oxygen atoms in total. The maximum atomic E-state index is 12.7. The van der Waals surface area contributed by atoms with E-state index in [1.54, 1.807) is 0 Å². The lowest BCUT2D eigenvalue weighted by molar-refractivity contribution is -0.870. The van der Waals surface area contributed by atoms with Crippen LogP contribution in [0.2, 0.25) is 0 Å². The SMILES string of the molecule is CC/C=C\C/C=C\C/C=C\C/C=C\C/C=C\C/C=C\C/C=C\CCCC(=O)OC(COCCCCCCCC/C=C\C/C=C\CCCCCC)COP(=O)([O-])OCC[N+](C)(C)C. The summed E-state index contributed by atoms with van der Waals surface area (Å²) in [5.74, 6) is -0.400. The molecule has 0 aliphatic rings. The Hall–Kier alpha value is -2.84. The number of carbonyl (C=O) groups excluding carboxylic acids is 1. The van der Waals surface area contributed by atoms with Gasteiger partial charge in [0.2, 0.25) is 0 Å². The predicted octanol–water partition coefficient (Wildman–Crippen LogP) is 14.1. The fourth-order valence-corrected chi connectivity index (χ4v) is 6.59. The molecule has 0 N–H and O–H groups in total. The first-order valence-corrected chi connectivity index (χ1v) is 25.6. The highest BCUT2D eigenvalue weighted by Crippen LogP contribution is 2.38. The van der Waals surface area contributed by atoms with E-state index in [1.807, 2.05) is 21.1 Å². The molecule has 0 aromatic carbocycles. The molecule has 2 atom stereocenters. The Morgan fingerprint density at radius 1 is 0.516 bits per heavy atom. The lowest BCUT2D eigenvalue weighted by Crippen LogP contribution is -2.37. The van der Waals surface area contributed by atoms with E-state index in [2.05, 4.69) is 123 Å². The summed E-state index contributed by atoms with van der Waals surface area (Å²) in [5.41, 5.74) is 0. The number of allylic oxidation sites excluding steroid dienone is 18. The summed E-state index contributed by atoms with van der Waals surface area (Å²) in [6.45, 7) is 5.15. The van der Waals surface area contributed by atoms with Crippen LogP contribution in [0, 0.1) is 0 Å². The molecule has 0 heterocycles. The first-order valence-electron chi connectivity index (χ1n) is 24.1. The molecule has 9 heteroatoms. The smallest absolute Gasteiger partial charge is 0.306 e. The van der Waals surface area contributed by atoms with Crippen LogP contribution in [0.5, 0.6) is 0 Å². The molecule has 0 radical (unpaired) electrons. The van der Waals surface area contributed by atoms with E-state index in [0.29, 0.717) is 24.1 Å².